The summed E-state index contributed by atoms with van der Waals surface area (Å²) >= 11 is 1.76. The van der Waals surface area contributed by atoms with E-state index in [4.69, 9.17) is 4.98 Å². The fourth-order valence-electron chi connectivity index (χ4n) is 3.75. The second-order valence-electron chi connectivity index (χ2n) is 7.11. The van der Waals surface area contributed by atoms with Crippen LogP contribution in [-0.2, 0) is 13.6 Å². The van der Waals surface area contributed by atoms with Crippen LogP contribution < -0.4 is 4.90 Å². The van der Waals surface area contributed by atoms with Crippen LogP contribution >= 0.6 is 11.3 Å². The molecule has 3 heterocycles. The number of likely N-dealkylation sites (tertiary alicyclic amines) is 1. The van der Waals surface area contributed by atoms with E-state index in [9.17, 15) is 0 Å². The van der Waals surface area contributed by atoms with Crippen LogP contribution in [0.4, 0.5) is 5.13 Å². The zero-order chi connectivity index (χ0) is 17.4. The highest BCUT2D eigenvalue weighted by Crippen LogP contribution is 2.31. The summed E-state index contributed by atoms with van der Waals surface area (Å²) in [5.74, 6) is 0.708. The molecule has 1 atom stereocenters. The van der Waals surface area contributed by atoms with Crippen molar-refractivity contribution in [1.29, 1.82) is 0 Å². The molecule has 4 rings (SSSR count). The first-order valence-corrected chi connectivity index (χ1v) is 9.69. The molecule has 0 amide bonds. The van der Waals surface area contributed by atoms with Gasteiger partial charge in [0.15, 0.2) is 10.8 Å². The molecule has 1 aliphatic rings. The molecule has 0 bridgehead atoms. The van der Waals surface area contributed by atoms with Gasteiger partial charge in [0.2, 0.25) is 0 Å². The highest BCUT2D eigenvalue weighted by molar-refractivity contribution is 7.22. The van der Waals surface area contributed by atoms with Gasteiger partial charge < -0.3 is 4.90 Å². The molecule has 2 aromatic heterocycles. The summed E-state index contributed by atoms with van der Waals surface area (Å²) in [5, 5.41) is 5.55. The lowest BCUT2D eigenvalue weighted by Gasteiger charge is -2.21. The molecule has 1 aliphatic heterocycles. The van der Waals surface area contributed by atoms with E-state index in [0.717, 1.165) is 29.6 Å². The Morgan fingerprint density at radius 1 is 1.28 bits per heavy atom. The third kappa shape index (κ3) is 3.41. The van der Waals surface area contributed by atoms with Gasteiger partial charge in [-0.15, -0.1) is 0 Å². The molecule has 6 heteroatoms. The Morgan fingerprint density at radius 3 is 2.84 bits per heavy atom. The first kappa shape index (κ1) is 16.5. The maximum Gasteiger partial charge on any atom is 0.187 e. The summed E-state index contributed by atoms with van der Waals surface area (Å²) in [6.45, 7) is 6.55. The Balaban J connectivity index is 1.37. The zero-order valence-electron chi connectivity index (χ0n) is 15.1. The molecule has 0 aliphatic carbocycles. The summed E-state index contributed by atoms with van der Waals surface area (Å²) in [6.07, 6.45) is 1.27. The van der Waals surface area contributed by atoms with Crippen LogP contribution in [0.3, 0.4) is 0 Å². The van der Waals surface area contributed by atoms with E-state index in [0.29, 0.717) is 5.92 Å². The maximum absolute atomic E-state index is 4.79. The molecule has 1 aromatic carbocycles. The average Bonchev–Trinajstić information content (AvgIpc) is 3.28. The molecule has 1 saturated heterocycles. The number of rotatable bonds is 5. The molecule has 3 aromatic rings. The Bertz CT molecular complexity index is 819. The van der Waals surface area contributed by atoms with Gasteiger partial charge in [-0.25, -0.2) is 9.67 Å². The van der Waals surface area contributed by atoms with E-state index in [1.807, 2.05) is 11.7 Å². The predicted molar refractivity (Wildman–Crippen MR) is 104 cm³/mol. The van der Waals surface area contributed by atoms with E-state index in [1.165, 1.54) is 29.8 Å². The first-order valence-electron chi connectivity index (χ1n) is 8.87. The molecule has 1 fully saturated rings. The third-order valence-corrected chi connectivity index (χ3v) is 6.28. The Labute approximate surface area is 152 Å². The van der Waals surface area contributed by atoms with E-state index in [-0.39, 0.29) is 0 Å². The van der Waals surface area contributed by atoms with Crippen molar-refractivity contribution in [3.63, 3.8) is 0 Å². The van der Waals surface area contributed by atoms with Gasteiger partial charge >= 0.3 is 0 Å². The van der Waals surface area contributed by atoms with Crippen molar-refractivity contribution in [1.82, 2.24) is 19.7 Å². The van der Waals surface area contributed by atoms with Crippen LogP contribution in [0.2, 0.25) is 0 Å². The molecule has 0 unspecified atom stereocenters. The van der Waals surface area contributed by atoms with Gasteiger partial charge in [-0.1, -0.05) is 41.7 Å². The van der Waals surface area contributed by atoms with Crippen molar-refractivity contribution in [2.45, 2.75) is 19.9 Å². The average molecular weight is 356 g/mol. The van der Waals surface area contributed by atoms with Crippen LogP contribution in [0, 0.1) is 12.8 Å². The molecule has 132 valence electrons. The van der Waals surface area contributed by atoms with Crippen molar-refractivity contribution < 1.29 is 0 Å². The predicted octanol–water partition coefficient (Wildman–Crippen LogP) is 3.30. The quantitative estimate of drug-likeness (QED) is 0.704. The number of hydrogen-bond acceptors (Lipinski definition) is 5. The smallest absolute Gasteiger partial charge is 0.187 e. The minimum absolute atomic E-state index is 0.708. The monoisotopic (exact) mass is 355 g/mol. The first-order chi connectivity index (χ1) is 12.1. The fraction of sp³-hybridized carbons (Fsp3) is 0.474. The van der Waals surface area contributed by atoms with E-state index in [1.54, 1.807) is 11.3 Å². The second-order valence-corrected chi connectivity index (χ2v) is 8.09. The lowest BCUT2D eigenvalue weighted by atomic mass is 10.1. The standard InChI is InChI=1S/C19H25N5S/c1-14-17-18(23(3)21-14)20-19(25-17)22(2)11-16-9-10-24(13-16)12-15-7-5-4-6-8-15/h4-8,16H,9-13H2,1-3H3/t16-/m0/s1. The van der Waals surface area contributed by atoms with Gasteiger partial charge in [0.1, 0.15) is 0 Å². The Morgan fingerprint density at radius 2 is 2.08 bits per heavy atom. The number of benzene rings is 1. The summed E-state index contributed by atoms with van der Waals surface area (Å²) in [7, 11) is 4.14. The van der Waals surface area contributed by atoms with Crippen LogP contribution in [0.15, 0.2) is 30.3 Å². The number of fused-ring (bicyclic) bond motifs is 1. The van der Waals surface area contributed by atoms with Crippen LogP contribution in [0.1, 0.15) is 17.7 Å². The Hall–Kier alpha value is -1.92. The largest absolute Gasteiger partial charge is 0.351 e. The van der Waals surface area contributed by atoms with E-state index in [2.05, 4.69) is 59.2 Å². The van der Waals surface area contributed by atoms with Gasteiger partial charge in [-0.2, -0.15) is 5.10 Å². The van der Waals surface area contributed by atoms with Crippen molar-refractivity contribution >= 4 is 26.8 Å². The minimum atomic E-state index is 0.708. The molecular weight excluding hydrogens is 330 g/mol. The molecule has 0 spiro atoms. The molecular formula is C19H25N5S. The summed E-state index contributed by atoms with van der Waals surface area (Å²) < 4.78 is 3.09. The maximum atomic E-state index is 4.79. The third-order valence-electron chi connectivity index (χ3n) is 5.01. The number of hydrogen-bond donors (Lipinski definition) is 0. The van der Waals surface area contributed by atoms with Gasteiger partial charge in [0.05, 0.1) is 10.4 Å². The highest BCUT2D eigenvalue weighted by atomic mass is 32.1. The topological polar surface area (TPSA) is 37.2 Å². The lowest BCUT2D eigenvalue weighted by Crippen LogP contribution is -2.28. The summed E-state index contributed by atoms with van der Waals surface area (Å²) in [4.78, 5) is 9.68. The number of thiazole rings is 1. The highest BCUT2D eigenvalue weighted by Gasteiger charge is 2.25. The summed E-state index contributed by atoms with van der Waals surface area (Å²) in [6, 6.07) is 10.8. The molecule has 0 radical (unpaired) electrons. The molecule has 0 N–H and O–H groups in total. The molecule has 25 heavy (non-hydrogen) atoms. The second kappa shape index (κ2) is 6.77. The van der Waals surface area contributed by atoms with Gasteiger partial charge in [0.25, 0.3) is 0 Å². The van der Waals surface area contributed by atoms with Crippen LogP contribution in [0.5, 0.6) is 0 Å². The van der Waals surface area contributed by atoms with Gasteiger partial charge in [0, 0.05) is 33.7 Å². The van der Waals surface area contributed by atoms with Crippen molar-refractivity contribution in [2.24, 2.45) is 13.0 Å². The van der Waals surface area contributed by atoms with Crippen molar-refractivity contribution in [2.75, 3.05) is 31.6 Å². The zero-order valence-corrected chi connectivity index (χ0v) is 16.0. The Kier molecular flexibility index (Phi) is 4.48. The minimum Gasteiger partial charge on any atom is -0.351 e. The molecule has 0 saturated carbocycles. The van der Waals surface area contributed by atoms with Crippen molar-refractivity contribution in [3.8, 4) is 0 Å². The van der Waals surface area contributed by atoms with Crippen LogP contribution in [0.25, 0.3) is 10.3 Å². The van der Waals surface area contributed by atoms with Crippen LogP contribution in [-0.4, -0.2) is 46.3 Å². The van der Waals surface area contributed by atoms with E-state index >= 15 is 0 Å². The van der Waals surface area contributed by atoms with Gasteiger partial charge in [-0.05, 0) is 31.4 Å². The molecule has 5 nitrogen and oxygen atoms in total. The SMILES string of the molecule is Cc1nn(C)c2nc(N(C)C[C@@H]3CCN(Cc4ccccc4)C3)sc12. The van der Waals surface area contributed by atoms with Crippen molar-refractivity contribution in [3.05, 3.63) is 41.6 Å². The van der Waals surface area contributed by atoms with Gasteiger partial charge in [-0.3, -0.25) is 4.90 Å². The number of aromatic nitrogens is 3. The van der Waals surface area contributed by atoms with E-state index < -0.39 is 0 Å². The lowest BCUT2D eigenvalue weighted by molar-refractivity contribution is 0.317. The number of nitrogens with zero attached hydrogens (tertiary/aromatic N) is 5. The normalized spacial score (nSPS) is 18.3. The number of anilines is 1. The fourth-order valence-corrected chi connectivity index (χ4v) is 4.75. The summed E-state index contributed by atoms with van der Waals surface area (Å²) in [5.41, 5.74) is 3.48. The number of aryl methyl sites for hydroxylation is 2.